The lowest BCUT2D eigenvalue weighted by atomic mass is 10.1. The number of nitrogens with zero attached hydrogens (tertiary/aromatic N) is 1. The fourth-order valence-electron chi connectivity index (χ4n) is 2.57. The van der Waals surface area contributed by atoms with E-state index < -0.39 is 12.1 Å². The van der Waals surface area contributed by atoms with Gasteiger partial charge in [0.25, 0.3) is 0 Å². The van der Waals surface area contributed by atoms with Gasteiger partial charge in [-0.1, -0.05) is 60.7 Å². The topological polar surface area (TPSA) is 49.8 Å². The van der Waals surface area contributed by atoms with Crippen LogP contribution in [0.15, 0.2) is 60.7 Å². The first-order chi connectivity index (χ1) is 10.7. The molecule has 0 amide bonds. The molecule has 114 valence electrons. The van der Waals surface area contributed by atoms with Crippen molar-refractivity contribution in [2.24, 2.45) is 0 Å². The molecule has 22 heavy (non-hydrogen) atoms. The number of carbonyl (C=O) groups is 1. The third-order valence-electron chi connectivity index (χ3n) is 3.79. The third-order valence-corrected chi connectivity index (χ3v) is 3.79. The SMILES string of the molecule is O=C(OC1CN(Cc2ccccc2)C1)C(O)c1ccccc1. The molecule has 0 saturated carbocycles. The number of hydrogen-bond donors (Lipinski definition) is 1. The summed E-state index contributed by atoms with van der Waals surface area (Å²) in [5.41, 5.74) is 1.81. The quantitative estimate of drug-likeness (QED) is 0.859. The monoisotopic (exact) mass is 297 g/mol. The number of carbonyl (C=O) groups excluding carboxylic acids is 1. The molecule has 1 N–H and O–H groups in total. The van der Waals surface area contributed by atoms with Crippen molar-refractivity contribution in [2.75, 3.05) is 13.1 Å². The van der Waals surface area contributed by atoms with Crippen LogP contribution < -0.4 is 0 Å². The first-order valence-corrected chi connectivity index (χ1v) is 7.42. The van der Waals surface area contributed by atoms with Gasteiger partial charge in [0.15, 0.2) is 6.10 Å². The summed E-state index contributed by atoms with van der Waals surface area (Å²) in [5.74, 6) is -0.574. The second-order valence-electron chi connectivity index (χ2n) is 5.55. The van der Waals surface area contributed by atoms with Crippen molar-refractivity contribution >= 4 is 5.97 Å². The van der Waals surface area contributed by atoms with E-state index in [-0.39, 0.29) is 6.10 Å². The van der Waals surface area contributed by atoms with Crippen LogP contribution in [0.25, 0.3) is 0 Å². The van der Waals surface area contributed by atoms with Gasteiger partial charge >= 0.3 is 5.97 Å². The van der Waals surface area contributed by atoms with Crippen LogP contribution in [0.2, 0.25) is 0 Å². The van der Waals surface area contributed by atoms with Gasteiger partial charge in [0.2, 0.25) is 0 Å². The predicted octanol–water partition coefficient (Wildman–Crippen LogP) is 2.15. The number of esters is 1. The Morgan fingerprint density at radius 1 is 1.09 bits per heavy atom. The van der Waals surface area contributed by atoms with Gasteiger partial charge in [0, 0.05) is 19.6 Å². The first-order valence-electron chi connectivity index (χ1n) is 7.42. The van der Waals surface area contributed by atoms with E-state index in [0.717, 1.165) is 6.54 Å². The third kappa shape index (κ3) is 3.53. The van der Waals surface area contributed by atoms with Gasteiger partial charge in [-0.2, -0.15) is 0 Å². The summed E-state index contributed by atoms with van der Waals surface area (Å²) >= 11 is 0. The number of likely N-dealkylation sites (tertiary alicyclic amines) is 1. The predicted molar refractivity (Wildman–Crippen MR) is 83.0 cm³/mol. The van der Waals surface area contributed by atoms with E-state index in [2.05, 4.69) is 17.0 Å². The molecule has 4 heteroatoms. The van der Waals surface area contributed by atoms with Crippen LogP contribution >= 0.6 is 0 Å². The normalized spacial score (nSPS) is 16.8. The molecule has 1 heterocycles. The Balaban J connectivity index is 1.45. The summed E-state index contributed by atoms with van der Waals surface area (Å²) < 4.78 is 5.34. The van der Waals surface area contributed by atoms with E-state index in [4.69, 9.17) is 4.74 Å². The second kappa shape index (κ2) is 6.73. The van der Waals surface area contributed by atoms with Gasteiger partial charge in [-0.25, -0.2) is 4.79 Å². The fraction of sp³-hybridized carbons (Fsp3) is 0.278. The van der Waals surface area contributed by atoms with Gasteiger partial charge in [-0.15, -0.1) is 0 Å². The highest BCUT2D eigenvalue weighted by Crippen LogP contribution is 2.19. The minimum absolute atomic E-state index is 0.130. The van der Waals surface area contributed by atoms with E-state index in [1.807, 2.05) is 24.3 Å². The minimum atomic E-state index is -1.20. The summed E-state index contributed by atoms with van der Waals surface area (Å²) in [6.45, 7) is 2.28. The Bertz CT molecular complexity index is 609. The number of benzene rings is 2. The van der Waals surface area contributed by atoms with Crippen LogP contribution in [0.3, 0.4) is 0 Å². The zero-order chi connectivity index (χ0) is 15.4. The Morgan fingerprint density at radius 3 is 2.32 bits per heavy atom. The molecule has 2 aromatic carbocycles. The maximum atomic E-state index is 11.9. The Hall–Kier alpha value is -2.17. The molecule has 1 fully saturated rings. The molecule has 0 aromatic heterocycles. The molecule has 0 spiro atoms. The van der Waals surface area contributed by atoms with Crippen LogP contribution in [0.4, 0.5) is 0 Å². The average molecular weight is 297 g/mol. The molecule has 1 aliphatic heterocycles. The number of aliphatic hydroxyl groups excluding tert-OH is 1. The Morgan fingerprint density at radius 2 is 1.68 bits per heavy atom. The number of rotatable bonds is 5. The maximum Gasteiger partial charge on any atom is 0.340 e. The molecule has 1 atom stereocenters. The fourth-order valence-corrected chi connectivity index (χ4v) is 2.57. The lowest BCUT2D eigenvalue weighted by molar-refractivity contribution is -0.168. The van der Waals surface area contributed by atoms with Crippen LogP contribution in [0.5, 0.6) is 0 Å². The Kier molecular flexibility index (Phi) is 4.51. The van der Waals surface area contributed by atoms with Crippen LogP contribution in [0.1, 0.15) is 17.2 Å². The molecular weight excluding hydrogens is 278 g/mol. The molecule has 0 radical (unpaired) electrons. The van der Waals surface area contributed by atoms with E-state index in [9.17, 15) is 9.90 Å². The standard InChI is InChI=1S/C18H19NO3/c20-17(15-9-5-2-6-10-15)18(21)22-16-12-19(13-16)11-14-7-3-1-4-8-14/h1-10,16-17,20H,11-13H2. The van der Waals surface area contributed by atoms with Gasteiger partial charge < -0.3 is 9.84 Å². The van der Waals surface area contributed by atoms with E-state index in [1.54, 1.807) is 24.3 Å². The van der Waals surface area contributed by atoms with Crippen LogP contribution in [0, 0.1) is 0 Å². The lowest BCUT2D eigenvalue weighted by Crippen LogP contribution is -2.52. The number of ether oxygens (including phenoxy) is 1. The smallest absolute Gasteiger partial charge is 0.340 e. The van der Waals surface area contributed by atoms with Crippen LogP contribution in [-0.4, -0.2) is 35.2 Å². The highest BCUT2D eigenvalue weighted by atomic mass is 16.6. The van der Waals surface area contributed by atoms with Gasteiger partial charge in [0.1, 0.15) is 6.10 Å². The number of hydrogen-bond acceptors (Lipinski definition) is 4. The largest absolute Gasteiger partial charge is 0.457 e. The molecule has 3 rings (SSSR count). The molecule has 0 bridgehead atoms. The minimum Gasteiger partial charge on any atom is -0.457 e. The number of aliphatic hydroxyl groups is 1. The van der Waals surface area contributed by atoms with Gasteiger partial charge in [-0.3, -0.25) is 4.90 Å². The molecule has 1 saturated heterocycles. The van der Waals surface area contributed by atoms with Crippen molar-refractivity contribution in [3.63, 3.8) is 0 Å². The summed E-state index contributed by atoms with van der Waals surface area (Å²) in [7, 11) is 0. The molecular formula is C18H19NO3. The zero-order valence-corrected chi connectivity index (χ0v) is 12.3. The molecule has 1 aliphatic rings. The molecule has 2 aromatic rings. The highest BCUT2D eigenvalue weighted by Gasteiger charge is 2.32. The zero-order valence-electron chi connectivity index (χ0n) is 12.3. The highest BCUT2D eigenvalue weighted by molar-refractivity contribution is 5.76. The van der Waals surface area contributed by atoms with Crippen LogP contribution in [-0.2, 0) is 16.1 Å². The molecule has 4 nitrogen and oxygen atoms in total. The van der Waals surface area contributed by atoms with Crippen molar-refractivity contribution in [2.45, 2.75) is 18.8 Å². The summed E-state index contributed by atoms with van der Waals surface area (Å²) in [5, 5.41) is 9.97. The van der Waals surface area contributed by atoms with Gasteiger partial charge in [0.05, 0.1) is 0 Å². The molecule has 0 aliphatic carbocycles. The summed E-state index contributed by atoms with van der Waals surface area (Å²) in [6, 6.07) is 19.0. The Labute approximate surface area is 130 Å². The van der Waals surface area contributed by atoms with E-state index in [1.165, 1.54) is 5.56 Å². The second-order valence-corrected chi connectivity index (χ2v) is 5.55. The van der Waals surface area contributed by atoms with Crippen molar-refractivity contribution in [3.05, 3.63) is 71.8 Å². The summed E-state index contributed by atoms with van der Waals surface area (Å²) in [6.07, 6.45) is -1.33. The van der Waals surface area contributed by atoms with Gasteiger partial charge in [-0.05, 0) is 11.1 Å². The van der Waals surface area contributed by atoms with E-state index in [0.29, 0.717) is 18.7 Å². The van der Waals surface area contributed by atoms with Crippen molar-refractivity contribution in [1.82, 2.24) is 4.90 Å². The van der Waals surface area contributed by atoms with Crippen molar-refractivity contribution in [3.8, 4) is 0 Å². The summed E-state index contributed by atoms with van der Waals surface area (Å²) in [4.78, 5) is 14.1. The maximum absolute atomic E-state index is 11.9. The first kappa shape index (κ1) is 14.8. The molecule has 1 unspecified atom stereocenters. The van der Waals surface area contributed by atoms with E-state index >= 15 is 0 Å². The van der Waals surface area contributed by atoms with Crippen molar-refractivity contribution < 1.29 is 14.6 Å². The average Bonchev–Trinajstić information content (AvgIpc) is 2.53. The van der Waals surface area contributed by atoms with Crippen molar-refractivity contribution in [1.29, 1.82) is 0 Å². The lowest BCUT2D eigenvalue weighted by Gasteiger charge is -2.38.